The van der Waals surface area contributed by atoms with E-state index in [1.807, 2.05) is 24.3 Å². The van der Waals surface area contributed by atoms with Gasteiger partial charge in [0.15, 0.2) is 0 Å². The van der Waals surface area contributed by atoms with E-state index in [2.05, 4.69) is 27.2 Å². The Hall–Kier alpha value is -0.690. The topological polar surface area (TPSA) is 49.4 Å². The summed E-state index contributed by atoms with van der Waals surface area (Å²) in [6, 6.07) is 7.94. The Kier molecular flexibility index (Phi) is 4.21. The lowest BCUT2D eigenvalue weighted by atomic mass is 10.0. The molecular weight excluding hydrogens is 316 g/mol. The second kappa shape index (κ2) is 5.52. The highest BCUT2D eigenvalue weighted by molar-refractivity contribution is 9.11. The number of benzene rings is 1. The van der Waals surface area contributed by atoms with Crippen LogP contribution in [0.1, 0.15) is 11.1 Å². The molecule has 0 bridgehead atoms. The normalized spacial score (nSPS) is 16.3. The van der Waals surface area contributed by atoms with E-state index in [0.717, 1.165) is 12.0 Å². The molecule has 98 valence electrons. The Morgan fingerprint density at radius 3 is 2.72 bits per heavy atom. The van der Waals surface area contributed by atoms with E-state index in [9.17, 15) is 8.42 Å². The van der Waals surface area contributed by atoms with Crippen molar-refractivity contribution in [2.45, 2.75) is 13.0 Å². The molecule has 18 heavy (non-hydrogen) atoms. The van der Waals surface area contributed by atoms with E-state index in [4.69, 9.17) is 0 Å². The van der Waals surface area contributed by atoms with Gasteiger partial charge in [-0.1, -0.05) is 46.8 Å². The number of fused-ring (bicyclic) bond motifs is 1. The van der Waals surface area contributed by atoms with Crippen molar-refractivity contribution in [1.82, 2.24) is 9.03 Å². The number of halogens is 1. The van der Waals surface area contributed by atoms with E-state index >= 15 is 0 Å². The van der Waals surface area contributed by atoms with Crippen molar-refractivity contribution in [2.75, 3.05) is 13.1 Å². The molecule has 2 rings (SSSR count). The third-order valence-corrected chi connectivity index (χ3v) is 4.66. The molecule has 0 aliphatic carbocycles. The molecular formula is C12H15BrN2O2S. The minimum absolute atomic E-state index is 0.209. The Balaban J connectivity index is 2.11. The standard InChI is InChI=1S/C12H15BrN2O2S/c1-10(13)8-14-18(16,17)15-7-6-11-4-2-3-5-12(11)9-15/h2-5,14H,1,6-9H2. The van der Waals surface area contributed by atoms with Crippen molar-refractivity contribution in [3.63, 3.8) is 0 Å². The number of hydrogen-bond donors (Lipinski definition) is 1. The first-order valence-corrected chi connectivity index (χ1v) is 7.87. The molecule has 1 N–H and O–H groups in total. The third-order valence-electron chi connectivity index (χ3n) is 2.88. The van der Waals surface area contributed by atoms with Crippen LogP contribution in [0.5, 0.6) is 0 Å². The Morgan fingerprint density at radius 2 is 2.06 bits per heavy atom. The van der Waals surface area contributed by atoms with Crippen LogP contribution in [0.4, 0.5) is 0 Å². The molecule has 0 unspecified atom stereocenters. The van der Waals surface area contributed by atoms with Crippen molar-refractivity contribution in [3.05, 3.63) is 46.5 Å². The summed E-state index contributed by atoms with van der Waals surface area (Å²) in [5.41, 5.74) is 2.31. The van der Waals surface area contributed by atoms with Crippen molar-refractivity contribution < 1.29 is 8.42 Å². The van der Waals surface area contributed by atoms with E-state index in [1.165, 1.54) is 9.87 Å². The van der Waals surface area contributed by atoms with Crippen LogP contribution in [0.2, 0.25) is 0 Å². The highest BCUT2D eigenvalue weighted by atomic mass is 79.9. The molecule has 1 aromatic carbocycles. The molecule has 0 amide bonds. The van der Waals surface area contributed by atoms with Crippen molar-refractivity contribution in [2.24, 2.45) is 0 Å². The van der Waals surface area contributed by atoms with Gasteiger partial charge in [0.05, 0.1) is 0 Å². The molecule has 0 saturated carbocycles. The van der Waals surface area contributed by atoms with Gasteiger partial charge >= 0.3 is 0 Å². The lowest BCUT2D eigenvalue weighted by Gasteiger charge is -2.28. The van der Waals surface area contributed by atoms with Crippen LogP contribution in [-0.2, 0) is 23.2 Å². The summed E-state index contributed by atoms with van der Waals surface area (Å²) in [4.78, 5) is 0. The second-order valence-electron chi connectivity index (χ2n) is 4.20. The lowest BCUT2D eigenvalue weighted by molar-refractivity contribution is 0.385. The van der Waals surface area contributed by atoms with Crippen LogP contribution >= 0.6 is 15.9 Å². The SMILES string of the molecule is C=C(Br)CNS(=O)(=O)N1CCc2ccccc2C1. The minimum Gasteiger partial charge on any atom is -0.197 e. The maximum atomic E-state index is 12.1. The Labute approximate surface area is 116 Å². The van der Waals surface area contributed by atoms with Crippen LogP contribution in [0.15, 0.2) is 35.3 Å². The predicted octanol–water partition coefficient (Wildman–Crippen LogP) is 1.79. The number of nitrogens with zero attached hydrogens (tertiary/aromatic N) is 1. The summed E-state index contributed by atoms with van der Waals surface area (Å²) in [6.45, 7) is 4.77. The lowest BCUT2D eigenvalue weighted by Crippen LogP contribution is -2.43. The summed E-state index contributed by atoms with van der Waals surface area (Å²) >= 11 is 3.14. The van der Waals surface area contributed by atoms with E-state index in [-0.39, 0.29) is 6.54 Å². The van der Waals surface area contributed by atoms with E-state index in [0.29, 0.717) is 17.6 Å². The Morgan fingerprint density at radius 1 is 1.39 bits per heavy atom. The number of hydrogen-bond acceptors (Lipinski definition) is 2. The summed E-state index contributed by atoms with van der Waals surface area (Å²) in [7, 11) is -3.43. The summed E-state index contributed by atoms with van der Waals surface area (Å²) in [6.07, 6.45) is 0.756. The molecule has 1 aromatic rings. The van der Waals surface area contributed by atoms with Gasteiger partial charge in [0.25, 0.3) is 10.2 Å². The van der Waals surface area contributed by atoms with Gasteiger partial charge in [-0.15, -0.1) is 0 Å². The molecule has 0 saturated heterocycles. The first-order chi connectivity index (χ1) is 8.49. The molecule has 0 spiro atoms. The first-order valence-electron chi connectivity index (χ1n) is 5.64. The number of nitrogens with one attached hydrogen (secondary N) is 1. The van der Waals surface area contributed by atoms with Gasteiger partial charge in [-0.3, -0.25) is 0 Å². The zero-order valence-corrected chi connectivity index (χ0v) is 12.3. The third kappa shape index (κ3) is 3.20. The van der Waals surface area contributed by atoms with E-state index in [1.54, 1.807) is 0 Å². The molecule has 4 nitrogen and oxygen atoms in total. The van der Waals surface area contributed by atoms with Crippen molar-refractivity contribution in [1.29, 1.82) is 0 Å². The summed E-state index contributed by atoms with van der Waals surface area (Å²) in [5.74, 6) is 0. The smallest absolute Gasteiger partial charge is 0.197 e. The first kappa shape index (κ1) is 13.7. The summed E-state index contributed by atoms with van der Waals surface area (Å²) in [5, 5.41) is 0. The van der Waals surface area contributed by atoms with Gasteiger partial charge in [-0.25, -0.2) is 0 Å². The average Bonchev–Trinajstić information content (AvgIpc) is 2.36. The minimum atomic E-state index is -3.43. The molecule has 0 aromatic heterocycles. The molecule has 1 aliphatic heterocycles. The quantitative estimate of drug-likeness (QED) is 0.914. The largest absolute Gasteiger partial charge is 0.280 e. The van der Waals surface area contributed by atoms with Crippen molar-refractivity contribution in [3.8, 4) is 0 Å². The Bertz CT molecular complexity index is 557. The van der Waals surface area contributed by atoms with Gasteiger partial charge in [0, 0.05) is 24.1 Å². The fraction of sp³-hybridized carbons (Fsp3) is 0.333. The van der Waals surface area contributed by atoms with Crippen LogP contribution in [0.25, 0.3) is 0 Å². The molecule has 0 fully saturated rings. The van der Waals surface area contributed by atoms with Crippen LogP contribution < -0.4 is 4.72 Å². The zero-order chi connectivity index (χ0) is 13.2. The molecule has 1 aliphatic rings. The zero-order valence-electron chi connectivity index (χ0n) is 9.89. The van der Waals surface area contributed by atoms with Crippen LogP contribution in [0.3, 0.4) is 0 Å². The molecule has 6 heteroatoms. The summed E-state index contributed by atoms with van der Waals surface area (Å²) < 4.78 is 28.7. The highest BCUT2D eigenvalue weighted by Crippen LogP contribution is 2.20. The second-order valence-corrected chi connectivity index (χ2v) is 7.07. The van der Waals surface area contributed by atoms with Crippen molar-refractivity contribution >= 4 is 26.1 Å². The maximum absolute atomic E-state index is 12.1. The average molecular weight is 331 g/mol. The van der Waals surface area contributed by atoms with Gasteiger partial charge in [-0.2, -0.15) is 17.4 Å². The highest BCUT2D eigenvalue weighted by Gasteiger charge is 2.25. The van der Waals surface area contributed by atoms with Crippen LogP contribution in [-0.4, -0.2) is 25.8 Å². The van der Waals surface area contributed by atoms with Gasteiger partial charge in [-0.05, 0) is 17.5 Å². The predicted molar refractivity (Wildman–Crippen MR) is 75.5 cm³/mol. The van der Waals surface area contributed by atoms with Gasteiger partial charge in [0.1, 0.15) is 0 Å². The monoisotopic (exact) mass is 330 g/mol. The van der Waals surface area contributed by atoms with Crippen LogP contribution in [0, 0.1) is 0 Å². The van der Waals surface area contributed by atoms with E-state index < -0.39 is 10.2 Å². The number of rotatable bonds is 4. The fourth-order valence-electron chi connectivity index (χ4n) is 1.94. The van der Waals surface area contributed by atoms with Gasteiger partial charge < -0.3 is 0 Å². The molecule has 0 radical (unpaired) electrons. The van der Waals surface area contributed by atoms with Gasteiger partial charge in [0.2, 0.25) is 0 Å². The fourth-order valence-corrected chi connectivity index (χ4v) is 3.44. The maximum Gasteiger partial charge on any atom is 0.280 e. The molecule has 1 heterocycles. The molecule has 0 atom stereocenters.